The molecule has 0 radical (unpaired) electrons. The number of nitro benzene ring substituents is 1. The van der Waals surface area contributed by atoms with E-state index in [1.54, 1.807) is 0 Å². The van der Waals surface area contributed by atoms with Gasteiger partial charge in [0, 0.05) is 24.2 Å². The van der Waals surface area contributed by atoms with E-state index in [0.29, 0.717) is 5.56 Å². The molecule has 9 nitrogen and oxygen atoms in total. The van der Waals surface area contributed by atoms with Gasteiger partial charge in [0.15, 0.2) is 15.6 Å². The molecule has 1 aromatic carbocycles. The molecule has 1 fully saturated rings. The number of hydrogen-bond acceptors (Lipinski definition) is 7. The molecule has 1 amide bonds. The molecule has 144 valence electrons. The van der Waals surface area contributed by atoms with Crippen LogP contribution in [0.3, 0.4) is 0 Å². The Morgan fingerprint density at radius 2 is 2.11 bits per heavy atom. The molecule has 3 rings (SSSR count). The van der Waals surface area contributed by atoms with Gasteiger partial charge in [-0.25, -0.2) is 8.42 Å². The van der Waals surface area contributed by atoms with Crippen LogP contribution in [0.15, 0.2) is 34.7 Å². The van der Waals surface area contributed by atoms with E-state index in [4.69, 9.17) is 20.8 Å². The van der Waals surface area contributed by atoms with Crippen molar-refractivity contribution in [3.05, 3.63) is 51.2 Å². The largest absolute Gasteiger partial charge is 0.451 e. The topological polar surface area (TPSA) is 129 Å². The molecule has 1 unspecified atom stereocenters. The van der Waals surface area contributed by atoms with Gasteiger partial charge in [0.05, 0.1) is 34.2 Å². The molecule has 1 saturated heterocycles. The number of nitrogens with zero attached hydrogens (tertiary/aromatic N) is 1. The molecule has 27 heavy (non-hydrogen) atoms. The quantitative estimate of drug-likeness (QED) is 0.585. The highest BCUT2D eigenvalue weighted by Gasteiger charge is 2.26. The zero-order valence-electron chi connectivity index (χ0n) is 13.9. The van der Waals surface area contributed by atoms with Crippen molar-refractivity contribution >= 4 is 33.0 Å². The van der Waals surface area contributed by atoms with Crippen molar-refractivity contribution in [2.75, 3.05) is 24.7 Å². The molecule has 0 spiro atoms. The van der Waals surface area contributed by atoms with Gasteiger partial charge in [-0.2, -0.15) is 0 Å². The number of ether oxygens (including phenoxy) is 1. The standard InChI is InChI=1S/C16H15ClN2O7S/c17-13-7-10(19(21)22)1-2-12(13)14-3-4-15(26-14)16(20)18-8-11-9-27(23,24)6-5-25-11/h1-4,7,11H,5-6,8-9H2,(H,18,20). The van der Waals surface area contributed by atoms with Crippen molar-refractivity contribution in [1.29, 1.82) is 0 Å². The molecule has 2 heterocycles. The second-order valence-electron chi connectivity index (χ2n) is 5.90. The molecule has 1 aliphatic heterocycles. The second kappa shape index (κ2) is 7.67. The van der Waals surface area contributed by atoms with Crippen LogP contribution >= 0.6 is 11.6 Å². The highest BCUT2D eigenvalue weighted by Crippen LogP contribution is 2.32. The molecular weight excluding hydrogens is 400 g/mol. The van der Waals surface area contributed by atoms with Crippen molar-refractivity contribution in [1.82, 2.24) is 5.32 Å². The maximum Gasteiger partial charge on any atom is 0.287 e. The van der Waals surface area contributed by atoms with E-state index in [1.807, 2.05) is 0 Å². The third kappa shape index (κ3) is 4.65. The van der Waals surface area contributed by atoms with Gasteiger partial charge in [0.25, 0.3) is 11.6 Å². The van der Waals surface area contributed by atoms with Crippen molar-refractivity contribution in [2.24, 2.45) is 0 Å². The highest BCUT2D eigenvalue weighted by atomic mass is 35.5. The van der Waals surface area contributed by atoms with Gasteiger partial charge in [-0.05, 0) is 18.2 Å². The third-order valence-electron chi connectivity index (χ3n) is 3.94. The van der Waals surface area contributed by atoms with Gasteiger partial charge in [0.2, 0.25) is 0 Å². The normalized spacial score (nSPS) is 18.8. The lowest BCUT2D eigenvalue weighted by atomic mass is 10.1. The summed E-state index contributed by atoms with van der Waals surface area (Å²) < 4.78 is 33.9. The van der Waals surface area contributed by atoms with E-state index >= 15 is 0 Å². The Labute approximate surface area is 159 Å². The summed E-state index contributed by atoms with van der Waals surface area (Å²) in [6, 6.07) is 6.86. The van der Waals surface area contributed by atoms with Gasteiger partial charge in [-0.3, -0.25) is 14.9 Å². The molecule has 0 saturated carbocycles. The molecule has 1 N–H and O–H groups in total. The molecule has 0 aliphatic carbocycles. The fraction of sp³-hybridized carbons (Fsp3) is 0.312. The van der Waals surface area contributed by atoms with E-state index in [2.05, 4.69) is 5.32 Å². The number of nitrogens with one attached hydrogen (secondary N) is 1. The lowest BCUT2D eigenvalue weighted by Gasteiger charge is -2.22. The van der Waals surface area contributed by atoms with Crippen LogP contribution in [0.2, 0.25) is 5.02 Å². The zero-order chi connectivity index (χ0) is 19.6. The Morgan fingerprint density at radius 3 is 2.78 bits per heavy atom. The summed E-state index contributed by atoms with van der Waals surface area (Å²) in [6.45, 7) is 0.138. The number of sulfone groups is 1. The minimum absolute atomic E-state index is 0.00177. The van der Waals surface area contributed by atoms with Crippen molar-refractivity contribution in [3.63, 3.8) is 0 Å². The summed E-state index contributed by atoms with van der Waals surface area (Å²) in [5, 5.41) is 13.4. The van der Waals surface area contributed by atoms with Gasteiger partial charge >= 0.3 is 0 Å². The summed E-state index contributed by atoms with van der Waals surface area (Å²) in [4.78, 5) is 22.4. The number of carbonyl (C=O) groups excluding carboxylic acids is 1. The average Bonchev–Trinajstić information content (AvgIpc) is 3.08. The summed E-state index contributed by atoms with van der Waals surface area (Å²) in [5.41, 5.74) is 0.249. The number of nitro groups is 1. The highest BCUT2D eigenvalue weighted by molar-refractivity contribution is 7.91. The molecular formula is C16H15ClN2O7S. The van der Waals surface area contributed by atoms with Crippen molar-refractivity contribution < 1.29 is 27.3 Å². The fourth-order valence-corrected chi connectivity index (χ4v) is 4.16. The lowest BCUT2D eigenvalue weighted by Crippen LogP contribution is -2.42. The maximum absolute atomic E-state index is 12.2. The minimum atomic E-state index is -3.15. The first-order chi connectivity index (χ1) is 12.7. The minimum Gasteiger partial charge on any atom is -0.451 e. The predicted octanol–water partition coefficient (Wildman–Crippen LogP) is 2.05. The predicted molar refractivity (Wildman–Crippen MR) is 96.5 cm³/mol. The molecule has 1 aromatic heterocycles. The van der Waals surface area contributed by atoms with Crippen LogP contribution in [-0.4, -0.2) is 50.0 Å². The summed E-state index contributed by atoms with van der Waals surface area (Å²) in [6.07, 6.45) is -0.605. The van der Waals surface area contributed by atoms with Crippen molar-refractivity contribution in [2.45, 2.75) is 6.10 Å². The smallest absolute Gasteiger partial charge is 0.287 e. The average molecular weight is 415 g/mol. The Balaban J connectivity index is 1.67. The Morgan fingerprint density at radius 1 is 1.33 bits per heavy atom. The monoisotopic (exact) mass is 414 g/mol. The number of hydrogen-bond donors (Lipinski definition) is 1. The summed E-state index contributed by atoms with van der Waals surface area (Å²) in [7, 11) is -3.15. The maximum atomic E-state index is 12.2. The van der Waals surface area contributed by atoms with E-state index in [0.717, 1.165) is 0 Å². The number of benzene rings is 1. The SMILES string of the molecule is O=C(NCC1CS(=O)(=O)CCO1)c1ccc(-c2ccc([N+](=O)[O-])cc2Cl)o1. The summed E-state index contributed by atoms with van der Waals surface area (Å²) in [5.74, 6) is -0.426. The van der Waals surface area contributed by atoms with Crippen LogP contribution < -0.4 is 5.32 Å². The van der Waals surface area contributed by atoms with Crippen LogP contribution in [-0.2, 0) is 14.6 Å². The van der Waals surface area contributed by atoms with Gasteiger partial charge < -0.3 is 14.5 Å². The van der Waals surface area contributed by atoms with Crippen LogP contribution in [0.4, 0.5) is 5.69 Å². The van der Waals surface area contributed by atoms with Crippen molar-refractivity contribution in [3.8, 4) is 11.3 Å². The first kappa shape index (κ1) is 19.3. The van der Waals surface area contributed by atoms with Crippen LogP contribution in [0.1, 0.15) is 10.6 Å². The molecule has 1 aliphatic rings. The summed E-state index contributed by atoms with van der Waals surface area (Å²) >= 11 is 6.05. The van der Waals surface area contributed by atoms with Crippen LogP contribution in [0.25, 0.3) is 11.3 Å². The number of carbonyl (C=O) groups is 1. The molecule has 1 atom stereocenters. The van der Waals surface area contributed by atoms with Gasteiger partial charge in [-0.1, -0.05) is 11.6 Å². The molecule has 2 aromatic rings. The molecule has 11 heteroatoms. The Bertz CT molecular complexity index is 986. The van der Waals surface area contributed by atoms with Gasteiger partial charge in [0.1, 0.15) is 5.76 Å². The lowest BCUT2D eigenvalue weighted by molar-refractivity contribution is -0.384. The first-order valence-electron chi connectivity index (χ1n) is 7.89. The number of rotatable bonds is 5. The van der Waals surface area contributed by atoms with Gasteiger partial charge in [-0.15, -0.1) is 0 Å². The second-order valence-corrected chi connectivity index (χ2v) is 8.54. The van der Waals surface area contributed by atoms with Crippen LogP contribution in [0, 0.1) is 10.1 Å². The fourth-order valence-electron chi connectivity index (χ4n) is 2.59. The number of furan rings is 1. The van der Waals surface area contributed by atoms with E-state index < -0.39 is 26.8 Å². The Kier molecular flexibility index (Phi) is 5.49. The third-order valence-corrected chi connectivity index (χ3v) is 5.92. The molecule has 0 bridgehead atoms. The van der Waals surface area contributed by atoms with E-state index in [1.165, 1.54) is 30.3 Å². The van der Waals surface area contributed by atoms with E-state index in [-0.39, 0.29) is 46.9 Å². The number of halogens is 1. The number of amides is 1. The van der Waals surface area contributed by atoms with E-state index in [9.17, 15) is 23.3 Å². The number of non-ortho nitro benzene ring substituents is 1. The first-order valence-corrected chi connectivity index (χ1v) is 10.1. The Hall–Kier alpha value is -2.43. The van der Waals surface area contributed by atoms with Crippen LogP contribution in [0.5, 0.6) is 0 Å². The zero-order valence-corrected chi connectivity index (χ0v) is 15.5.